The number of methoxy groups -OCH3 is 1. The maximum atomic E-state index is 13.6. The highest BCUT2D eigenvalue weighted by Gasteiger charge is 2.27. The molecule has 0 heterocycles. The normalized spacial score (nSPS) is 13.4. The molecule has 1 N–H and O–H groups in total. The van der Waals surface area contributed by atoms with Crippen LogP contribution in [-0.4, -0.2) is 19.6 Å². The van der Waals surface area contributed by atoms with Gasteiger partial charge in [-0.25, -0.2) is 8.78 Å². The summed E-state index contributed by atoms with van der Waals surface area (Å²) in [5, 5.41) is 3.14. The van der Waals surface area contributed by atoms with E-state index in [9.17, 15) is 13.6 Å². The third-order valence-electron chi connectivity index (χ3n) is 3.65. The van der Waals surface area contributed by atoms with E-state index >= 15 is 0 Å². The lowest BCUT2D eigenvalue weighted by Crippen LogP contribution is -2.40. The highest BCUT2D eigenvalue weighted by Crippen LogP contribution is 2.26. The summed E-state index contributed by atoms with van der Waals surface area (Å²) < 4.78 is 32.0. The van der Waals surface area contributed by atoms with E-state index in [1.165, 1.54) is 7.11 Å². The maximum absolute atomic E-state index is 13.6. The molecule has 3 nitrogen and oxygen atoms in total. The van der Waals surface area contributed by atoms with Gasteiger partial charge < -0.3 is 10.1 Å². The van der Waals surface area contributed by atoms with Crippen molar-refractivity contribution in [2.24, 2.45) is 0 Å². The molecule has 0 spiro atoms. The molecule has 0 aliphatic rings. The number of hydrogen-bond acceptors (Lipinski definition) is 2. The van der Waals surface area contributed by atoms with Gasteiger partial charge in [0.2, 0.25) is 0 Å². The smallest absolute Gasteiger partial charge is 0.254 e. The highest BCUT2D eigenvalue weighted by molar-refractivity contribution is 6.30. The van der Waals surface area contributed by atoms with Gasteiger partial charge in [0.25, 0.3) is 5.91 Å². The standard InChI is InChI=1S/C17H16ClF2NO2/c1-17(23-2,11-4-3-5-12(18)8-11)10-21-16(22)14-7-6-13(19)9-15(14)20/h3-9H,10H2,1-2H3,(H,21,22). The largest absolute Gasteiger partial charge is 0.372 e. The fourth-order valence-electron chi connectivity index (χ4n) is 2.13. The van der Waals surface area contributed by atoms with E-state index in [1.807, 2.05) is 6.07 Å². The van der Waals surface area contributed by atoms with Crippen LogP contribution >= 0.6 is 11.6 Å². The molecule has 0 aromatic heterocycles. The topological polar surface area (TPSA) is 38.3 Å². The van der Waals surface area contributed by atoms with E-state index in [4.69, 9.17) is 16.3 Å². The van der Waals surface area contributed by atoms with Gasteiger partial charge >= 0.3 is 0 Å². The van der Waals surface area contributed by atoms with E-state index in [1.54, 1.807) is 25.1 Å². The quantitative estimate of drug-likeness (QED) is 0.897. The van der Waals surface area contributed by atoms with Crippen molar-refractivity contribution >= 4 is 17.5 Å². The Bertz CT molecular complexity index is 723. The molecule has 0 aliphatic heterocycles. The predicted octanol–water partition coefficient (Wildman–Crippen LogP) is 3.91. The summed E-state index contributed by atoms with van der Waals surface area (Å²) in [6, 6.07) is 9.86. The van der Waals surface area contributed by atoms with E-state index in [-0.39, 0.29) is 12.1 Å². The Hall–Kier alpha value is -1.98. The average molecular weight is 340 g/mol. The molecular weight excluding hydrogens is 324 g/mol. The molecule has 1 amide bonds. The maximum Gasteiger partial charge on any atom is 0.254 e. The van der Waals surface area contributed by atoms with Crippen molar-refractivity contribution in [3.8, 4) is 0 Å². The Balaban J connectivity index is 2.15. The van der Waals surface area contributed by atoms with E-state index < -0.39 is 23.1 Å². The molecular formula is C17H16ClF2NO2. The van der Waals surface area contributed by atoms with Gasteiger partial charge in [0, 0.05) is 18.2 Å². The van der Waals surface area contributed by atoms with Gasteiger partial charge in [-0.1, -0.05) is 23.7 Å². The first-order valence-corrected chi connectivity index (χ1v) is 7.28. The molecule has 0 radical (unpaired) electrons. The Morgan fingerprint density at radius 2 is 2.00 bits per heavy atom. The van der Waals surface area contributed by atoms with E-state index in [0.717, 1.165) is 17.7 Å². The molecule has 0 saturated carbocycles. The van der Waals surface area contributed by atoms with Gasteiger partial charge in [-0.15, -0.1) is 0 Å². The van der Waals surface area contributed by atoms with Gasteiger partial charge in [0.15, 0.2) is 0 Å². The number of halogens is 3. The number of nitrogens with one attached hydrogen (secondary N) is 1. The Labute approximate surface area is 138 Å². The summed E-state index contributed by atoms with van der Waals surface area (Å²) >= 11 is 5.97. The summed E-state index contributed by atoms with van der Waals surface area (Å²) in [6.07, 6.45) is 0. The molecule has 0 saturated heterocycles. The molecule has 6 heteroatoms. The third kappa shape index (κ3) is 4.06. The molecule has 1 atom stereocenters. The monoisotopic (exact) mass is 339 g/mol. The second-order valence-corrected chi connectivity index (χ2v) is 5.69. The lowest BCUT2D eigenvalue weighted by Gasteiger charge is -2.29. The van der Waals surface area contributed by atoms with Crippen molar-refractivity contribution in [1.82, 2.24) is 5.32 Å². The summed E-state index contributed by atoms with van der Waals surface area (Å²) in [5.74, 6) is -2.29. The van der Waals surface area contributed by atoms with Crippen LogP contribution in [0.15, 0.2) is 42.5 Å². The van der Waals surface area contributed by atoms with Crippen LogP contribution in [-0.2, 0) is 10.3 Å². The second kappa shape index (κ2) is 7.06. The van der Waals surface area contributed by atoms with Gasteiger partial charge in [-0.3, -0.25) is 4.79 Å². The summed E-state index contributed by atoms with van der Waals surface area (Å²) in [5.41, 5.74) is -0.291. The molecule has 2 rings (SSSR count). The van der Waals surface area contributed by atoms with Crippen LogP contribution in [0.2, 0.25) is 5.02 Å². The van der Waals surface area contributed by atoms with Gasteiger partial charge in [-0.2, -0.15) is 0 Å². The van der Waals surface area contributed by atoms with Crippen LogP contribution in [0.5, 0.6) is 0 Å². The summed E-state index contributed by atoms with van der Waals surface area (Å²) in [4.78, 5) is 12.1. The Morgan fingerprint density at radius 3 is 2.61 bits per heavy atom. The first-order valence-electron chi connectivity index (χ1n) is 6.90. The SMILES string of the molecule is COC(C)(CNC(=O)c1ccc(F)cc1F)c1cccc(Cl)c1. The van der Waals surface area contributed by atoms with E-state index in [2.05, 4.69) is 5.32 Å². The number of carbonyl (C=O) groups is 1. The molecule has 23 heavy (non-hydrogen) atoms. The van der Waals surface area contributed by atoms with Crippen LogP contribution in [0.4, 0.5) is 8.78 Å². The number of benzene rings is 2. The van der Waals surface area contributed by atoms with Crippen molar-refractivity contribution in [2.75, 3.05) is 13.7 Å². The Morgan fingerprint density at radius 1 is 1.26 bits per heavy atom. The molecule has 2 aromatic carbocycles. The van der Waals surface area contributed by atoms with Gasteiger partial charge in [0.1, 0.15) is 17.2 Å². The first-order chi connectivity index (χ1) is 10.9. The zero-order valence-corrected chi connectivity index (χ0v) is 13.5. The number of ether oxygens (including phenoxy) is 1. The number of hydrogen-bond donors (Lipinski definition) is 1. The van der Waals surface area contributed by atoms with Crippen LogP contribution in [0.3, 0.4) is 0 Å². The van der Waals surface area contributed by atoms with E-state index in [0.29, 0.717) is 11.1 Å². The minimum atomic E-state index is -0.913. The molecule has 122 valence electrons. The molecule has 0 aliphatic carbocycles. The fraction of sp³-hybridized carbons (Fsp3) is 0.235. The van der Waals surface area contributed by atoms with Crippen molar-refractivity contribution in [2.45, 2.75) is 12.5 Å². The zero-order chi connectivity index (χ0) is 17.0. The van der Waals surface area contributed by atoms with Crippen molar-refractivity contribution in [3.63, 3.8) is 0 Å². The zero-order valence-electron chi connectivity index (χ0n) is 12.7. The number of rotatable bonds is 5. The lowest BCUT2D eigenvalue weighted by molar-refractivity contribution is 0.00312. The van der Waals surface area contributed by atoms with Crippen LogP contribution in [0.1, 0.15) is 22.8 Å². The van der Waals surface area contributed by atoms with Gasteiger partial charge in [0.05, 0.1) is 12.1 Å². The van der Waals surface area contributed by atoms with Crippen molar-refractivity contribution in [1.29, 1.82) is 0 Å². The van der Waals surface area contributed by atoms with Gasteiger partial charge in [-0.05, 0) is 36.8 Å². The molecule has 0 bridgehead atoms. The van der Waals surface area contributed by atoms with Crippen molar-refractivity contribution < 1.29 is 18.3 Å². The molecule has 1 unspecified atom stereocenters. The summed E-state index contributed by atoms with van der Waals surface area (Å²) in [6.45, 7) is 1.87. The molecule has 0 fully saturated rings. The lowest BCUT2D eigenvalue weighted by atomic mass is 9.95. The average Bonchev–Trinajstić information content (AvgIpc) is 2.52. The van der Waals surface area contributed by atoms with Crippen molar-refractivity contribution in [3.05, 3.63) is 70.2 Å². The first kappa shape index (κ1) is 17.4. The van der Waals surface area contributed by atoms with Crippen LogP contribution in [0, 0.1) is 11.6 Å². The second-order valence-electron chi connectivity index (χ2n) is 5.25. The number of carbonyl (C=O) groups excluding carboxylic acids is 1. The van der Waals surface area contributed by atoms with Crippen LogP contribution < -0.4 is 5.32 Å². The number of amides is 1. The fourth-order valence-corrected chi connectivity index (χ4v) is 2.32. The predicted molar refractivity (Wildman–Crippen MR) is 84.5 cm³/mol. The minimum Gasteiger partial charge on any atom is -0.372 e. The minimum absolute atomic E-state index is 0.0967. The Kier molecular flexibility index (Phi) is 5.34. The highest BCUT2D eigenvalue weighted by atomic mass is 35.5. The van der Waals surface area contributed by atoms with Crippen LogP contribution in [0.25, 0.3) is 0 Å². The third-order valence-corrected chi connectivity index (χ3v) is 3.88. The summed E-state index contributed by atoms with van der Waals surface area (Å²) in [7, 11) is 1.51. The molecule has 2 aromatic rings.